The summed E-state index contributed by atoms with van der Waals surface area (Å²) in [5.41, 5.74) is 3.94. The van der Waals surface area contributed by atoms with E-state index in [-0.39, 0.29) is 35.3 Å². The third kappa shape index (κ3) is 7.58. The van der Waals surface area contributed by atoms with Gasteiger partial charge < -0.3 is 19.6 Å². The van der Waals surface area contributed by atoms with E-state index < -0.39 is 35.5 Å². The summed E-state index contributed by atoms with van der Waals surface area (Å²) in [6, 6.07) is 14.9. The predicted octanol–water partition coefficient (Wildman–Crippen LogP) is 5.60. The number of fused-ring (bicyclic) bond motifs is 1. The van der Waals surface area contributed by atoms with E-state index in [4.69, 9.17) is 18.2 Å². The van der Waals surface area contributed by atoms with Crippen molar-refractivity contribution >= 4 is 63.9 Å². The van der Waals surface area contributed by atoms with Crippen molar-refractivity contribution in [2.24, 2.45) is 11.3 Å². The van der Waals surface area contributed by atoms with E-state index in [2.05, 4.69) is 29.8 Å². The summed E-state index contributed by atoms with van der Waals surface area (Å²) in [6.45, 7) is 16.1. The molecular weight excluding hydrogens is 787 g/mol. The molecule has 5 saturated heterocycles. The lowest BCUT2D eigenvalue weighted by Crippen LogP contribution is -2.54. The van der Waals surface area contributed by atoms with Crippen LogP contribution in [-0.4, -0.2) is 122 Å². The van der Waals surface area contributed by atoms with Crippen molar-refractivity contribution in [1.29, 1.82) is 0 Å². The highest BCUT2D eigenvalue weighted by Crippen LogP contribution is 2.43. The van der Waals surface area contributed by atoms with Crippen molar-refractivity contribution in [1.82, 2.24) is 20.0 Å². The van der Waals surface area contributed by atoms with Crippen LogP contribution in [0.5, 0.6) is 0 Å². The molecule has 0 bridgehead atoms. The first-order chi connectivity index (χ1) is 29.0. The quantitative estimate of drug-likeness (QED) is 0.240. The predicted molar refractivity (Wildman–Crippen MR) is 225 cm³/mol. The summed E-state index contributed by atoms with van der Waals surface area (Å²) in [6.07, 6.45) is 4.93. The Balaban J connectivity index is 0.726. The smallest absolute Gasteiger partial charge is 0.262 e. The van der Waals surface area contributed by atoms with Crippen LogP contribution in [0, 0.1) is 23.7 Å². The fourth-order valence-corrected chi connectivity index (χ4v) is 10.4. The maximum atomic E-state index is 15.6. The number of nitrogens with one attached hydrogen (secondary N) is 1. The number of piperidine rings is 3. The molecule has 6 aliphatic heterocycles. The average molecular weight is 835 g/mol. The molecule has 1 spiro atoms. The number of halogens is 2. The molecule has 0 radical (unpaired) electrons. The lowest BCUT2D eigenvalue weighted by atomic mass is 9.77. The minimum atomic E-state index is -0.983. The van der Waals surface area contributed by atoms with Gasteiger partial charge in [0.25, 0.3) is 17.7 Å². The van der Waals surface area contributed by atoms with Crippen LogP contribution in [0.2, 0.25) is 5.02 Å². The summed E-state index contributed by atoms with van der Waals surface area (Å²) in [4.78, 5) is 79.6. The maximum Gasteiger partial charge on any atom is 0.262 e. The topological polar surface area (TPSA) is 121 Å². The summed E-state index contributed by atoms with van der Waals surface area (Å²) >= 11 is 6.31. The number of anilines is 3. The van der Waals surface area contributed by atoms with Gasteiger partial charge in [0.05, 0.1) is 23.3 Å². The number of rotatable bonds is 7. The van der Waals surface area contributed by atoms with Gasteiger partial charge in [-0.1, -0.05) is 17.7 Å². The number of benzene rings is 3. The minimum Gasteiger partial charge on any atom is -0.371 e. The van der Waals surface area contributed by atoms with Gasteiger partial charge in [0.2, 0.25) is 17.5 Å². The van der Waals surface area contributed by atoms with Crippen molar-refractivity contribution in [3.8, 4) is 0 Å². The van der Waals surface area contributed by atoms with E-state index in [1.165, 1.54) is 6.07 Å². The van der Waals surface area contributed by atoms with Crippen molar-refractivity contribution < 1.29 is 28.4 Å². The summed E-state index contributed by atoms with van der Waals surface area (Å²) in [7, 11) is 0. The second-order valence-electron chi connectivity index (χ2n) is 17.3. The Bertz CT molecular complexity index is 2290. The van der Waals surface area contributed by atoms with Gasteiger partial charge in [0.1, 0.15) is 11.9 Å². The zero-order chi connectivity index (χ0) is 41.7. The highest BCUT2D eigenvalue weighted by Gasteiger charge is 2.45. The van der Waals surface area contributed by atoms with Crippen LogP contribution >= 0.6 is 11.6 Å². The minimum absolute atomic E-state index is 0.0835. The molecule has 5 amide bonds. The first kappa shape index (κ1) is 39.9. The standard InChI is InChI=1S/C45H48ClFN8O5/c1-48-38-7-4-31(25-36(38)46)54-19-14-45(28-54)12-17-53(18-13-45)42(58)34-6-3-32(26-37(34)47)52-22-20-50(21-23-52)27-29-10-15-51(16-11-29)30-2-5-33-35(24-30)44(60)55(43(33)59)39-8-9-40(56)49-41(39)57/h2-7,24-26,29,39H,8-23,27-28H2,(H,49,56,57). The van der Waals surface area contributed by atoms with Crippen molar-refractivity contribution in [2.75, 3.05) is 86.7 Å². The number of likely N-dealkylation sites (tertiary alicyclic amines) is 1. The summed E-state index contributed by atoms with van der Waals surface area (Å²) in [5, 5.41) is 2.70. The molecule has 6 aliphatic rings. The molecule has 6 heterocycles. The molecule has 312 valence electrons. The molecular formula is C45H48ClFN8O5. The van der Waals surface area contributed by atoms with Gasteiger partial charge >= 0.3 is 0 Å². The van der Waals surface area contributed by atoms with Crippen molar-refractivity contribution in [2.45, 2.75) is 51.0 Å². The monoisotopic (exact) mass is 834 g/mol. The lowest BCUT2D eigenvalue weighted by molar-refractivity contribution is -0.136. The van der Waals surface area contributed by atoms with E-state index in [0.717, 1.165) is 113 Å². The zero-order valence-corrected chi connectivity index (χ0v) is 34.3. The Morgan fingerprint density at radius 2 is 1.42 bits per heavy atom. The van der Waals surface area contributed by atoms with Crippen LogP contribution in [0.4, 0.5) is 27.1 Å². The molecule has 13 nitrogen and oxygen atoms in total. The van der Waals surface area contributed by atoms with Gasteiger partial charge in [-0.25, -0.2) is 9.24 Å². The van der Waals surface area contributed by atoms with Gasteiger partial charge in [-0.3, -0.25) is 39.1 Å². The second-order valence-corrected chi connectivity index (χ2v) is 17.7. The molecule has 15 heteroatoms. The zero-order valence-electron chi connectivity index (χ0n) is 33.5. The van der Waals surface area contributed by atoms with Crippen LogP contribution in [0.3, 0.4) is 0 Å². The lowest BCUT2D eigenvalue weighted by Gasteiger charge is -2.40. The molecule has 9 rings (SSSR count). The first-order valence-corrected chi connectivity index (χ1v) is 21.5. The second kappa shape index (κ2) is 16.2. The molecule has 0 aliphatic carbocycles. The Morgan fingerprint density at radius 3 is 2.12 bits per heavy atom. The average Bonchev–Trinajstić information content (AvgIpc) is 3.78. The maximum absolute atomic E-state index is 15.6. The molecule has 0 saturated carbocycles. The van der Waals surface area contributed by atoms with E-state index in [1.807, 2.05) is 24.3 Å². The van der Waals surface area contributed by atoms with Crippen LogP contribution in [-0.2, 0) is 9.59 Å². The van der Waals surface area contributed by atoms with Crippen LogP contribution in [0.15, 0.2) is 54.6 Å². The number of piperazine rings is 1. The number of carbonyl (C=O) groups excluding carboxylic acids is 5. The van der Waals surface area contributed by atoms with Gasteiger partial charge in [-0.15, -0.1) is 0 Å². The molecule has 60 heavy (non-hydrogen) atoms. The first-order valence-electron chi connectivity index (χ1n) is 21.1. The Hall–Kier alpha value is -5.52. The van der Waals surface area contributed by atoms with Crippen molar-refractivity contribution in [3.05, 3.63) is 93.5 Å². The summed E-state index contributed by atoms with van der Waals surface area (Å²) < 4.78 is 15.6. The van der Waals surface area contributed by atoms with Crippen LogP contribution in [0.25, 0.3) is 4.85 Å². The number of nitrogens with zero attached hydrogens (tertiary/aromatic N) is 7. The molecule has 0 aromatic heterocycles. The van der Waals surface area contributed by atoms with E-state index in [0.29, 0.717) is 35.3 Å². The number of hydrogen-bond acceptors (Lipinski definition) is 9. The van der Waals surface area contributed by atoms with Crippen molar-refractivity contribution in [3.63, 3.8) is 0 Å². The molecule has 5 fully saturated rings. The fraction of sp³-hybridized carbons (Fsp3) is 0.467. The Kier molecular flexibility index (Phi) is 10.7. The molecule has 3 aromatic carbocycles. The summed E-state index contributed by atoms with van der Waals surface area (Å²) in [5.74, 6) is -2.23. The fourth-order valence-electron chi connectivity index (χ4n) is 10.2. The van der Waals surface area contributed by atoms with E-state index in [1.54, 1.807) is 29.2 Å². The highest BCUT2D eigenvalue weighted by molar-refractivity contribution is 6.33. The molecule has 1 N–H and O–H groups in total. The third-order valence-corrected chi connectivity index (χ3v) is 14.1. The largest absolute Gasteiger partial charge is 0.371 e. The van der Waals surface area contributed by atoms with Gasteiger partial charge in [0.15, 0.2) is 0 Å². The third-order valence-electron chi connectivity index (χ3n) is 13.8. The van der Waals surface area contributed by atoms with E-state index in [9.17, 15) is 24.0 Å². The normalized spacial score (nSPS) is 22.4. The highest BCUT2D eigenvalue weighted by atomic mass is 35.5. The molecule has 3 aromatic rings. The Morgan fingerprint density at radius 1 is 0.767 bits per heavy atom. The van der Waals surface area contributed by atoms with Gasteiger partial charge in [-0.2, -0.15) is 0 Å². The van der Waals surface area contributed by atoms with Gasteiger partial charge in [0, 0.05) is 100 Å². The number of imide groups is 2. The SMILES string of the molecule is [C-]#[N+]c1ccc(N2CCC3(CCN(C(=O)c4ccc(N5CCN(CC6CCN(c7ccc8c(c7)C(=O)N(C7CCC(=O)NC7=O)C8=O)CC6)CC5)cc4F)CC3)C2)cc1Cl. The Labute approximate surface area is 353 Å². The van der Waals surface area contributed by atoms with Crippen LogP contribution in [0.1, 0.15) is 76.0 Å². The number of carbonyl (C=O) groups is 5. The van der Waals surface area contributed by atoms with E-state index >= 15 is 4.39 Å². The number of hydrogen-bond donors (Lipinski definition) is 1. The number of amides is 5. The van der Waals surface area contributed by atoms with Gasteiger partial charge in [-0.05, 0) is 98.4 Å². The van der Waals surface area contributed by atoms with Crippen LogP contribution < -0.4 is 20.0 Å². The molecule has 1 unspecified atom stereocenters. The molecule has 1 atom stereocenters.